The molecule has 0 spiro atoms. The van der Waals surface area contributed by atoms with Crippen LogP contribution in [0.5, 0.6) is 5.75 Å². The van der Waals surface area contributed by atoms with Crippen LogP contribution in [0.3, 0.4) is 0 Å². The van der Waals surface area contributed by atoms with Gasteiger partial charge in [-0.3, -0.25) is 0 Å². The van der Waals surface area contributed by atoms with Crippen molar-refractivity contribution in [2.24, 2.45) is 0 Å². The van der Waals surface area contributed by atoms with E-state index >= 15 is 0 Å². The molecule has 1 nitrogen and oxygen atoms in total. The lowest BCUT2D eigenvalue weighted by molar-refractivity contribution is 0.481. The lowest BCUT2D eigenvalue weighted by Crippen LogP contribution is -1.98. The standard InChI is InChI=1S/C30H22O/c1-19(20-7-3-2-4-8-20)22-17-18-29(31)28-16-14-26-25-12-11-21-9-5-6-10-23(21)24(25)13-15-27(26)30(22)28/h2-19,31H,1H3. The molecule has 0 aliphatic rings. The molecule has 0 saturated heterocycles. The van der Waals surface area contributed by atoms with Gasteiger partial charge in [0, 0.05) is 11.3 Å². The Morgan fingerprint density at radius 3 is 1.97 bits per heavy atom. The first-order valence-corrected chi connectivity index (χ1v) is 10.8. The second kappa shape index (κ2) is 6.85. The first-order valence-electron chi connectivity index (χ1n) is 10.8. The van der Waals surface area contributed by atoms with Crippen molar-refractivity contribution in [1.29, 1.82) is 0 Å². The smallest absolute Gasteiger partial charge is 0.123 e. The lowest BCUT2D eigenvalue weighted by atomic mass is 9.86. The van der Waals surface area contributed by atoms with Gasteiger partial charge >= 0.3 is 0 Å². The van der Waals surface area contributed by atoms with Gasteiger partial charge < -0.3 is 5.11 Å². The molecule has 0 heterocycles. The number of hydrogen-bond acceptors (Lipinski definition) is 1. The van der Waals surface area contributed by atoms with Crippen molar-refractivity contribution >= 4 is 43.1 Å². The molecule has 6 rings (SSSR count). The molecule has 1 unspecified atom stereocenters. The van der Waals surface area contributed by atoms with E-state index in [2.05, 4.69) is 104 Å². The molecule has 1 N–H and O–H groups in total. The highest BCUT2D eigenvalue weighted by Gasteiger charge is 2.17. The summed E-state index contributed by atoms with van der Waals surface area (Å²) in [6.45, 7) is 2.24. The van der Waals surface area contributed by atoms with Crippen molar-refractivity contribution in [2.75, 3.05) is 0 Å². The summed E-state index contributed by atoms with van der Waals surface area (Å²) >= 11 is 0. The second-order valence-corrected chi connectivity index (χ2v) is 8.34. The van der Waals surface area contributed by atoms with Crippen LogP contribution in [-0.2, 0) is 0 Å². The molecule has 0 amide bonds. The van der Waals surface area contributed by atoms with E-state index < -0.39 is 0 Å². The zero-order chi connectivity index (χ0) is 20.9. The Morgan fingerprint density at radius 2 is 1.13 bits per heavy atom. The summed E-state index contributed by atoms with van der Waals surface area (Å²) < 4.78 is 0. The molecule has 0 aliphatic carbocycles. The summed E-state index contributed by atoms with van der Waals surface area (Å²) in [4.78, 5) is 0. The van der Waals surface area contributed by atoms with Gasteiger partial charge in [-0.05, 0) is 61.0 Å². The maximum absolute atomic E-state index is 10.7. The molecule has 6 aromatic carbocycles. The van der Waals surface area contributed by atoms with Gasteiger partial charge in [0.1, 0.15) is 5.75 Å². The van der Waals surface area contributed by atoms with Crippen molar-refractivity contribution < 1.29 is 5.11 Å². The van der Waals surface area contributed by atoms with Gasteiger partial charge in [-0.15, -0.1) is 0 Å². The number of phenols is 1. The molecule has 148 valence electrons. The second-order valence-electron chi connectivity index (χ2n) is 8.34. The quantitative estimate of drug-likeness (QED) is 0.292. The lowest BCUT2D eigenvalue weighted by Gasteiger charge is -2.18. The summed E-state index contributed by atoms with van der Waals surface area (Å²) in [6.07, 6.45) is 0. The molecule has 0 bridgehead atoms. The summed E-state index contributed by atoms with van der Waals surface area (Å²) in [7, 11) is 0. The third kappa shape index (κ3) is 2.70. The van der Waals surface area contributed by atoms with E-state index in [4.69, 9.17) is 0 Å². The predicted molar refractivity (Wildman–Crippen MR) is 132 cm³/mol. The maximum Gasteiger partial charge on any atom is 0.123 e. The topological polar surface area (TPSA) is 20.2 Å². The van der Waals surface area contributed by atoms with Crippen LogP contribution in [0.15, 0.2) is 103 Å². The predicted octanol–water partition coefficient (Wildman–Crippen LogP) is 8.16. The Hall–Kier alpha value is -3.84. The van der Waals surface area contributed by atoms with Crippen LogP contribution in [-0.4, -0.2) is 5.11 Å². The first-order chi connectivity index (χ1) is 15.2. The molecule has 31 heavy (non-hydrogen) atoms. The molecule has 0 fully saturated rings. The number of hydrogen-bond donors (Lipinski definition) is 1. The Balaban J connectivity index is 1.73. The van der Waals surface area contributed by atoms with Crippen LogP contribution in [0, 0.1) is 0 Å². The Kier molecular flexibility index (Phi) is 3.97. The van der Waals surface area contributed by atoms with Crippen LogP contribution in [0.4, 0.5) is 0 Å². The summed E-state index contributed by atoms with van der Waals surface area (Å²) in [6, 6.07) is 36.2. The largest absolute Gasteiger partial charge is 0.507 e. The van der Waals surface area contributed by atoms with Crippen molar-refractivity contribution in [3.63, 3.8) is 0 Å². The number of aromatic hydroxyl groups is 1. The number of phenolic OH excluding ortho intramolecular Hbond substituents is 1. The summed E-state index contributed by atoms with van der Waals surface area (Å²) in [5.74, 6) is 0.557. The van der Waals surface area contributed by atoms with E-state index in [9.17, 15) is 5.11 Å². The van der Waals surface area contributed by atoms with Gasteiger partial charge in [-0.25, -0.2) is 0 Å². The van der Waals surface area contributed by atoms with E-state index in [1.165, 1.54) is 43.4 Å². The Labute approximate surface area is 181 Å². The van der Waals surface area contributed by atoms with E-state index in [1.807, 2.05) is 6.07 Å². The minimum absolute atomic E-state index is 0.224. The fourth-order valence-corrected chi connectivity index (χ4v) is 5.05. The third-order valence-electron chi connectivity index (χ3n) is 6.67. The maximum atomic E-state index is 10.7. The Morgan fingerprint density at radius 1 is 0.516 bits per heavy atom. The van der Waals surface area contributed by atoms with Gasteiger partial charge in [0.2, 0.25) is 0 Å². The van der Waals surface area contributed by atoms with E-state index in [0.717, 1.165) is 10.8 Å². The van der Waals surface area contributed by atoms with E-state index in [-0.39, 0.29) is 5.92 Å². The molecule has 0 aliphatic heterocycles. The molecule has 0 saturated carbocycles. The van der Waals surface area contributed by atoms with Crippen LogP contribution in [0.2, 0.25) is 0 Å². The van der Waals surface area contributed by atoms with Gasteiger partial charge in [0.05, 0.1) is 0 Å². The van der Waals surface area contributed by atoms with Crippen molar-refractivity contribution in [3.8, 4) is 5.75 Å². The van der Waals surface area contributed by atoms with Crippen LogP contribution in [0.1, 0.15) is 24.0 Å². The fraction of sp³-hybridized carbons (Fsp3) is 0.0667. The monoisotopic (exact) mass is 398 g/mol. The highest BCUT2D eigenvalue weighted by atomic mass is 16.3. The van der Waals surface area contributed by atoms with Crippen molar-refractivity contribution in [1.82, 2.24) is 0 Å². The average molecular weight is 399 g/mol. The zero-order valence-electron chi connectivity index (χ0n) is 17.3. The molecular weight excluding hydrogens is 376 g/mol. The summed E-state index contributed by atoms with van der Waals surface area (Å²) in [5, 5.41) is 20.2. The highest BCUT2D eigenvalue weighted by Crippen LogP contribution is 2.41. The van der Waals surface area contributed by atoms with Crippen LogP contribution >= 0.6 is 0 Å². The normalized spacial score (nSPS) is 12.7. The van der Waals surface area contributed by atoms with Gasteiger partial charge in [0.15, 0.2) is 0 Å². The Bertz CT molecular complexity index is 1600. The molecular formula is C30H22O. The van der Waals surface area contributed by atoms with Gasteiger partial charge in [0.25, 0.3) is 0 Å². The third-order valence-corrected chi connectivity index (χ3v) is 6.67. The van der Waals surface area contributed by atoms with Crippen molar-refractivity contribution in [2.45, 2.75) is 12.8 Å². The van der Waals surface area contributed by atoms with Gasteiger partial charge in [-0.1, -0.05) is 97.9 Å². The minimum Gasteiger partial charge on any atom is -0.507 e. The van der Waals surface area contributed by atoms with Crippen molar-refractivity contribution in [3.05, 3.63) is 114 Å². The van der Waals surface area contributed by atoms with Crippen LogP contribution in [0.25, 0.3) is 43.1 Å². The van der Waals surface area contributed by atoms with E-state index in [1.54, 1.807) is 0 Å². The number of benzene rings is 6. The molecule has 0 radical (unpaired) electrons. The number of rotatable bonds is 2. The fourth-order valence-electron chi connectivity index (χ4n) is 5.05. The molecule has 6 aromatic rings. The summed E-state index contributed by atoms with van der Waals surface area (Å²) in [5.41, 5.74) is 2.52. The molecule has 1 atom stereocenters. The zero-order valence-corrected chi connectivity index (χ0v) is 17.3. The first kappa shape index (κ1) is 18.0. The van der Waals surface area contributed by atoms with E-state index in [0.29, 0.717) is 5.75 Å². The molecule has 1 heteroatoms. The molecule has 0 aromatic heterocycles. The average Bonchev–Trinajstić information content (AvgIpc) is 2.83. The highest BCUT2D eigenvalue weighted by molar-refractivity contribution is 6.23. The number of fused-ring (bicyclic) bond motifs is 7. The van der Waals surface area contributed by atoms with Gasteiger partial charge in [-0.2, -0.15) is 0 Å². The SMILES string of the molecule is CC(c1ccccc1)c1ccc(O)c2ccc3c4ccc5ccccc5c4ccc3c12. The minimum atomic E-state index is 0.224. The van der Waals surface area contributed by atoms with Crippen LogP contribution < -0.4 is 0 Å².